The molecule has 1 N–H and O–H groups in total. The Kier molecular flexibility index (Phi) is 5.04. The maximum Gasteiger partial charge on any atom is 0.424 e. The summed E-state index contributed by atoms with van der Waals surface area (Å²) in [7, 11) is 0. The number of rotatable bonds is 1. The summed E-state index contributed by atoms with van der Waals surface area (Å²) in [5.74, 6) is 0. The molecule has 0 radical (unpaired) electrons. The SMILES string of the molecule is CC(C)(C)OC(=O)N(C(=O)OC(C)(C)C)C1=CCC(O)C1. The summed E-state index contributed by atoms with van der Waals surface area (Å²) in [5.41, 5.74) is -1.05. The van der Waals surface area contributed by atoms with Crippen molar-refractivity contribution in [3.8, 4) is 0 Å². The van der Waals surface area contributed by atoms with Crippen molar-refractivity contribution in [3.63, 3.8) is 0 Å². The second-order valence-corrected chi connectivity index (χ2v) is 7.09. The summed E-state index contributed by atoms with van der Waals surface area (Å²) < 4.78 is 10.5. The molecule has 1 aliphatic rings. The van der Waals surface area contributed by atoms with Crippen LogP contribution in [0.1, 0.15) is 54.4 Å². The zero-order valence-corrected chi connectivity index (χ0v) is 13.6. The molecular formula is C15H25NO5. The Bertz CT molecular complexity index is 414. The molecule has 0 aromatic rings. The summed E-state index contributed by atoms with van der Waals surface area (Å²) in [6, 6.07) is 0. The van der Waals surface area contributed by atoms with Crippen LogP contribution in [0.15, 0.2) is 11.8 Å². The van der Waals surface area contributed by atoms with E-state index in [1.54, 1.807) is 47.6 Å². The summed E-state index contributed by atoms with van der Waals surface area (Å²) in [6.45, 7) is 10.3. The molecule has 1 rings (SSSR count). The number of carbonyl (C=O) groups is 2. The fraction of sp³-hybridized carbons (Fsp3) is 0.733. The monoisotopic (exact) mass is 299 g/mol. The highest BCUT2D eigenvalue weighted by molar-refractivity contribution is 5.90. The first-order chi connectivity index (χ1) is 9.39. The minimum atomic E-state index is -0.794. The highest BCUT2D eigenvalue weighted by atomic mass is 16.6. The standard InChI is InChI=1S/C15H25NO5/c1-14(2,3)20-12(18)16(10-7-8-11(17)9-10)13(19)21-15(4,5)6/h7,11,17H,8-9H2,1-6H3. The topological polar surface area (TPSA) is 76.1 Å². The Balaban J connectivity index is 2.95. The van der Waals surface area contributed by atoms with E-state index in [4.69, 9.17) is 9.47 Å². The molecule has 120 valence electrons. The Morgan fingerprint density at radius 2 is 1.52 bits per heavy atom. The Labute approximate surface area is 125 Å². The zero-order chi connectivity index (χ0) is 16.4. The minimum Gasteiger partial charge on any atom is -0.443 e. The number of carbonyl (C=O) groups excluding carboxylic acids is 2. The molecule has 0 saturated carbocycles. The molecule has 1 unspecified atom stereocenters. The van der Waals surface area contributed by atoms with Gasteiger partial charge in [-0.05, 0) is 48.0 Å². The zero-order valence-electron chi connectivity index (χ0n) is 13.6. The predicted octanol–water partition coefficient (Wildman–Crippen LogP) is 3.20. The maximum atomic E-state index is 12.3. The Morgan fingerprint density at radius 1 is 1.10 bits per heavy atom. The van der Waals surface area contributed by atoms with E-state index >= 15 is 0 Å². The van der Waals surface area contributed by atoms with E-state index in [1.807, 2.05) is 0 Å². The number of hydrogen-bond acceptors (Lipinski definition) is 5. The third-order valence-electron chi connectivity index (χ3n) is 2.51. The normalized spacial score (nSPS) is 19.0. The lowest BCUT2D eigenvalue weighted by Crippen LogP contribution is -2.43. The third kappa shape index (κ3) is 5.75. The first-order valence-corrected chi connectivity index (χ1v) is 7.02. The Morgan fingerprint density at radius 3 is 1.81 bits per heavy atom. The third-order valence-corrected chi connectivity index (χ3v) is 2.51. The molecule has 6 heteroatoms. The number of nitrogens with zero attached hydrogens (tertiary/aromatic N) is 1. The molecule has 0 aliphatic heterocycles. The molecule has 0 bridgehead atoms. The molecular weight excluding hydrogens is 274 g/mol. The number of amides is 2. The second-order valence-electron chi connectivity index (χ2n) is 7.09. The van der Waals surface area contributed by atoms with Crippen LogP contribution in [0.4, 0.5) is 9.59 Å². The van der Waals surface area contributed by atoms with Crippen LogP contribution in [-0.2, 0) is 9.47 Å². The average molecular weight is 299 g/mol. The van der Waals surface area contributed by atoms with Crippen LogP contribution in [0.25, 0.3) is 0 Å². The van der Waals surface area contributed by atoms with Crippen LogP contribution in [0.5, 0.6) is 0 Å². The molecule has 0 aromatic carbocycles. The van der Waals surface area contributed by atoms with Crippen molar-refractivity contribution >= 4 is 12.2 Å². The molecule has 21 heavy (non-hydrogen) atoms. The molecule has 0 heterocycles. The molecule has 6 nitrogen and oxygen atoms in total. The molecule has 1 atom stereocenters. The van der Waals surface area contributed by atoms with Crippen LogP contribution >= 0.6 is 0 Å². The van der Waals surface area contributed by atoms with Gasteiger partial charge in [-0.15, -0.1) is 0 Å². The van der Waals surface area contributed by atoms with Gasteiger partial charge in [0.15, 0.2) is 0 Å². The minimum absolute atomic E-state index is 0.221. The second kappa shape index (κ2) is 6.05. The predicted molar refractivity (Wildman–Crippen MR) is 77.6 cm³/mol. The number of imide groups is 1. The van der Waals surface area contributed by atoms with Crippen molar-refractivity contribution in [1.82, 2.24) is 4.90 Å². The molecule has 2 amide bonds. The van der Waals surface area contributed by atoms with Gasteiger partial charge < -0.3 is 14.6 Å². The van der Waals surface area contributed by atoms with Crippen molar-refractivity contribution in [2.24, 2.45) is 0 Å². The first-order valence-electron chi connectivity index (χ1n) is 7.02. The average Bonchev–Trinajstić information content (AvgIpc) is 2.58. The molecule has 0 spiro atoms. The fourth-order valence-corrected chi connectivity index (χ4v) is 1.79. The van der Waals surface area contributed by atoms with Gasteiger partial charge in [0, 0.05) is 12.1 Å². The molecule has 0 aromatic heterocycles. The van der Waals surface area contributed by atoms with E-state index in [2.05, 4.69) is 0 Å². The lowest BCUT2D eigenvalue weighted by Gasteiger charge is -2.29. The van der Waals surface area contributed by atoms with Gasteiger partial charge in [-0.2, -0.15) is 4.90 Å². The van der Waals surface area contributed by atoms with E-state index in [0.717, 1.165) is 4.90 Å². The maximum absolute atomic E-state index is 12.3. The van der Waals surface area contributed by atoms with Gasteiger partial charge in [0.2, 0.25) is 0 Å². The number of aliphatic hydroxyl groups excluding tert-OH is 1. The van der Waals surface area contributed by atoms with Crippen molar-refractivity contribution < 1.29 is 24.2 Å². The number of hydrogen-bond donors (Lipinski definition) is 1. The van der Waals surface area contributed by atoms with Crippen molar-refractivity contribution in [1.29, 1.82) is 0 Å². The molecule has 0 fully saturated rings. The van der Waals surface area contributed by atoms with E-state index in [0.29, 0.717) is 12.1 Å². The summed E-state index contributed by atoms with van der Waals surface area (Å²) in [4.78, 5) is 25.4. The van der Waals surface area contributed by atoms with Gasteiger partial charge in [0.05, 0.1) is 6.10 Å². The lowest BCUT2D eigenvalue weighted by molar-refractivity contribution is 0.00732. The highest BCUT2D eigenvalue weighted by Gasteiger charge is 2.35. The van der Waals surface area contributed by atoms with Gasteiger partial charge in [-0.3, -0.25) is 0 Å². The van der Waals surface area contributed by atoms with Crippen LogP contribution in [0.2, 0.25) is 0 Å². The van der Waals surface area contributed by atoms with Gasteiger partial charge in [-0.1, -0.05) is 6.08 Å². The van der Waals surface area contributed by atoms with E-state index in [1.165, 1.54) is 0 Å². The molecule has 1 aliphatic carbocycles. The quantitative estimate of drug-likeness (QED) is 0.804. The van der Waals surface area contributed by atoms with Crippen molar-refractivity contribution in [2.45, 2.75) is 71.7 Å². The van der Waals surface area contributed by atoms with Crippen LogP contribution in [0, 0.1) is 0 Å². The number of ether oxygens (including phenoxy) is 2. The first kappa shape index (κ1) is 17.5. The van der Waals surface area contributed by atoms with Crippen molar-refractivity contribution in [3.05, 3.63) is 11.8 Å². The smallest absolute Gasteiger partial charge is 0.424 e. The Hall–Kier alpha value is -1.56. The van der Waals surface area contributed by atoms with E-state index in [9.17, 15) is 14.7 Å². The fourth-order valence-electron chi connectivity index (χ4n) is 1.79. The number of aliphatic hydroxyl groups is 1. The van der Waals surface area contributed by atoms with E-state index in [-0.39, 0.29) is 6.42 Å². The van der Waals surface area contributed by atoms with Crippen LogP contribution in [-0.4, -0.2) is 39.5 Å². The summed E-state index contributed by atoms with van der Waals surface area (Å²) >= 11 is 0. The van der Waals surface area contributed by atoms with Crippen LogP contribution in [0.3, 0.4) is 0 Å². The van der Waals surface area contributed by atoms with Gasteiger partial charge >= 0.3 is 12.2 Å². The van der Waals surface area contributed by atoms with Gasteiger partial charge in [0.1, 0.15) is 11.2 Å². The van der Waals surface area contributed by atoms with Gasteiger partial charge in [0.25, 0.3) is 0 Å². The summed E-state index contributed by atoms with van der Waals surface area (Å²) in [6.07, 6.45) is 0.0931. The largest absolute Gasteiger partial charge is 0.443 e. The van der Waals surface area contributed by atoms with E-state index < -0.39 is 29.5 Å². The van der Waals surface area contributed by atoms with Crippen molar-refractivity contribution in [2.75, 3.05) is 0 Å². The van der Waals surface area contributed by atoms with Gasteiger partial charge in [-0.25, -0.2) is 9.59 Å². The lowest BCUT2D eigenvalue weighted by atomic mass is 10.2. The van der Waals surface area contributed by atoms with Crippen LogP contribution < -0.4 is 0 Å². The summed E-state index contributed by atoms with van der Waals surface area (Å²) in [5, 5.41) is 9.59. The highest BCUT2D eigenvalue weighted by Crippen LogP contribution is 2.26. The molecule has 0 saturated heterocycles.